The fourth-order valence-electron chi connectivity index (χ4n) is 10.9. The second-order valence-corrected chi connectivity index (χ2v) is 16.5. The molecule has 1 heteroatoms. The van der Waals surface area contributed by atoms with Gasteiger partial charge in [-0.25, -0.2) is 0 Å². The summed E-state index contributed by atoms with van der Waals surface area (Å²) in [6, 6.07) is 85.7. The molecule has 0 aliphatic heterocycles. The molecule has 0 N–H and O–H groups in total. The highest BCUT2D eigenvalue weighted by molar-refractivity contribution is 6.14. The Balaban J connectivity index is 1.14. The van der Waals surface area contributed by atoms with E-state index in [-0.39, 0.29) is 5.41 Å². The summed E-state index contributed by atoms with van der Waals surface area (Å²) in [5.74, 6) is 0. The summed E-state index contributed by atoms with van der Waals surface area (Å²) in [5, 5.41) is 4.95. The highest BCUT2D eigenvalue weighted by Gasteiger charge is 2.46. The van der Waals surface area contributed by atoms with E-state index in [1.807, 2.05) is 0 Å². The summed E-state index contributed by atoms with van der Waals surface area (Å²) in [6.07, 6.45) is 0. The van der Waals surface area contributed by atoms with Crippen molar-refractivity contribution in [3.05, 3.63) is 269 Å². The van der Waals surface area contributed by atoms with Gasteiger partial charge in [0.05, 0.1) is 11.1 Å². The number of hydrogen-bond donors (Lipinski definition) is 0. The van der Waals surface area contributed by atoms with Gasteiger partial charge in [-0.2, -0.15) is 0 Å². The van der Waals surface area contributed by atoms with Crippen LogP contribution in [-0.2, 0) is 10.8 Å². The van der Waals surface area contributed by atoms with Crippen LogP contribution in [0.1, 0.15) is 45.9 Å². The van der Waals surface area contributed by atoms with Gasteiger partial charge in [0, 0.05) is 22.2 Å². The Hall–Kier alpha value is -7.48. The molecule has 1 nitrogen and oxygen atoms in total. The van der Waals surface area contributed by atoms with Crippen molar-refractivity contribution in [2.45, 2.75) is 17.8 Å². The predicted molar refractivity (Wildman–Crippen MR) is 251 cm³/mol. The van der Waals surface area contributed by atoms with E-state index in [4.69, 9.17) is 0 Å². The molecule has 2 aliphatic carbocycles. The number of benzene rings is 10. The normalized spacial score (nSPS) is 15.6. The van der Waals surface area contributed by atoms with Gasteiger partial charge in [0.1, 0.15) is 0 Å². The Morgan fingerprint density at radius 3 is 1.40 bits per heavy atom. The van der Waals surface area contributed by atoms with Crippen molar-refractivity contribution in [3.8, 4) is 22.3 Å². The number of hydrogen-bond acceptors (Lipinski definition) is 1. The highest BCUT2D eigenvalue weighted by Crippen LogP contribution is 2.58. The lowest BCUT2D eigenvalue weighted by Gasteiger charge is -2.34. The Kier molecular flexibility index (Phi) is 7.65. The van der Waals surface area contributed by atoms with Gasteiger partial charge >= 0.3 is 0 Å². The molecule has 0 radical (unpaired) electrons. The van der Waals surface area contributed by atoms with Gasteiger partial charge in [-0.3, -0.25) is 0 Å². The van der Waals surface area contributed by atoms with Crippen LogP contribution in [0.5, 0.6) is 0 Å². The lowest BCUT2D eigenvalue weighted by Crippen LogP contribution is -2.28. The number of nitrogens with zero attached hydrogens (tertiary/aromatic N) is 1. The molecule has 60 heavy (non-hydrogen) atoms. The zero-order valence-corrected chi connectivity index (χ0v) is 33.4. The van der Waals surface area contributed by atoms with Crippen LogP contribution in [0.4, 0.5) is 17.1 Å². The first kappa shape index (κ1) is 34.6. The second kappa shape index (κ2) is 13.3. The summed E-state index contributed by atoms with van der Waals surface area (Å²) >= 11 is 0. The molecular weight excluding hydrogens is 723 g/mol. The number of fused-ring (bicyclic) bond motifs is 9. The Bertz CT molecular complexity index is 3240. The van der Waals surface area contributed by atoms with E-state index < -0.39 is 5.41 Å². The molecule has 0 saturated carbocycles. The Morgan fingerprint density at radius 2 is 0.750 bits per heavy atom. The first-order valence-corrected chi connectivity index (χ1v) is 21.0. The average molecular weight is 764 g/mol. The quantitative estimate of drug-likeness (QED) is 0.152. The van der Waals surface area contributed by atoms with E-state index in [9.17, 15) is 0 Å². The largest absolute Gasteiger partial charge is 0.310 e. The van der Waals surface area contributed by atoms with Crippen LogP contribution in [0.3, 0.4) is 0 Å². The molecule has 0 spiro atoms. The minimum atomic E-state index is -0.466. The van der Waals surface area contributed by atoms with E-state index in [0.717, 1.165) is 17.1 Å². The third-order valence-electron chi connectivity index (χ3n) is 13.6. The smallest absolute Gasteiger partial charge is 0.0713 e. The zero-order chi connectivity index (χ0) is 39.8. The molecule has 0 fully saturated rings. The van der Waals surface area contributed by atoms with Crippen molar-refractivity contribution in [1.82, 2.24) is 0 Å². The molecule has 0 heterocycles. The van der Waals surface area contributed by atoms with Crippen LogP contribution in [0.2, 0.25) is 0 Å². The summed E-state index contributed by atoms with van der Waals surface area (Å²) < 4.78 is 0. The molecular formula is C59H41N. The molecule has 10 aromatic carbocycles. The first-order chi connectivity index (χ1) is 29.7. The fourth-order valence-corrected chi connectivity index (χ4v) is 10.9. The monoisotopic (exact) mass is 763 g/mol. The zero-order valence-electron chi connectivity index (χ0n) is 33.4. The molecule has 0 amide bonds. The topological polar surface area (TPSA) is 3.24 Å². The van der Waals surface area contributed by atoms with Crippen LogP contribution in [0.15, 0.2) is 231 Å². The minimum absolute atomic E-state index is 0.276. The van der Waals surface area contributed by atoms with Crippen molar-refractivity contribution in [2.24, 2.45) is 0 Å². The SMILES string of the molecule is CC1(c2ccccc2)c2ccccc2-c2cc(N(c3ccc4c(c3)-c3ccccc3C4(c3ccccc3)c3ccccc3)c3cc4ccccc4c4ccccc34)ccc21. The van der Waals surface area contributed by atoms with Gasteiger partial charge in [-0.05, 0) is 115 Å². The van der Waals surface area contributed by atoms with Crippen LogP contribution in [0, 0.1) is 0 Å². The number of anilines is 3. The molecule has 2 aliphatic rings. The van der Waals surface area contributed by atoms with E-state index in [1.165, 1.54) is 82.7 Å². The summed E-state index contributed by atoms with van der Waals surface area (Å²) in [5.41, 5.74) is 16.9. The van der Waals surface area contributed by atoms with Crippen LogP contribution < -0.4 is 4.90 Å². The van der Waals surface area contributed by atoms with Gasteiger partial charge in [0.25, 0.3) is 0 Å². The van der Waals surface area contributed by atoms with E-state index in [0.29, 0.717) is 0 Å². The lowest BCUT2D eigenvalue weighted by atomic mass is 9.68. The van der Waals surface area contributed by atoms with Crippen molar-refractivity contribution < 1.29 is 0 Å². The van der Waals surface area contributed by atoms with Gasteiger partial charge in [-0.15, -0.1) is 0 Å². The van der Waals surface area contributed by atoms with Crippen molar-refractivity contribution in [3.63, 3.8) is 0 Å². The average Bonchev–Trinajstić information content (AvgIpc) is 3.77. The van der Waals surface area contributed by atoms with E-state index in [1.54, 1.807) is 0 Å². The maximum absolute atomic E-state index is 2.52. The Labute approximate surface area is 351 Å². The molecule has 282 valence electrons. The van der Waals surface area contributed by atoms with Crippen molar-refractivity contribution in [1.29, 1.82) is 0 Å². The maximum atomic E-state index is 2.52. The van der Waals surface area contributed by atoms with Crippen molar-refractivity contribution in [2.75, 3.05) is 4.90 Å². The molecule has 1 unspecified atom stereocenters. The molecule has 1 atom stereocenters. The van der Waals surface area contributed by atoms with Crippen LogP contribution in [0.25, 0.3) is 43.8 Å². The van der Waals surface area contributed by atoms with Gasteiger partial charge in [-0.1, -0.05) is 200 Å². The maximum Gasteiger partial charge on any atom is 0.0713 e. The minimum Gasteiger partial charge on any atom is -0.310 e. The van der Waals surface area contributed by atoms with Gasteiger partial charge in [0.2, 0.25) is 0 Å². The van der Waals surface area contributed by atoms with E-state index in [2.05, 4.69) is 242 Å². The lowest BCUT2D eigenvalue weighted by molar-refractivity contribution is 0.714. The molecule has 10 aromatic rings. The molecule has 12 rings (SSSR count). The molecule has 0 bridgehead atoms. The van der Waals surface area contributed by atoms with Crippen molar-refractivity contribution >= 4 is 38.6 Å². The summed E-state index contributed by atoms with van der Waals surface area (Å²) in [4.78, 5) is 2.52. The number of rotatable bonds is 6. The molecule has 0 aromatic heterocycles. The fraction of sp³-hybridized carbons (Fsp3) is 0.0508. The third kappa shape index (κ3) is 4.81. The first-order valence-electron chi connectivity index (χ1n) is 21.0. The molecule has 0 saturated heterocycles. The summed E-state index contributed by atoms with van der Waals surface area (Å²) in [6.45, 7) is 2.39. The van der Waals surface area contributed by atoms with E-state index >= 15 is 0 Å². The predicted octanol–water partition coefficient (Wildman–Crippen LogP) is 15.2. The third-order valence-corrected chi connectivity index (χ3v) is 13.6. The highest BCUT2D eigenvalue weighted by atomic mass is 15.1. The standard InChI is InChI=1S/C59H41N/c1-58(41-20-5-2-6-21-41)53-31-17-15-28-48(53)51-38-44(33-35-54(51)58)60(57-37-40-19-11-12-26-46(40)47-27-13-14-30-50(47)57)45-34-36-56-52(39-45)49-29-16-18-32-55(49)59(56,42-22-7-3-8-23-42)43-24-9-4-10-25-43/h2-39H,1H3. The second-order valence-electron chi connectivity index (χ2n) is 16.5. The Morgan fingerprint density at radius 1 is 0.317 bits per heavy atom. The van der Waals surface area contributed by atoms with Crippen LogP contribution in [-0.4, -0.2) is 0 Å². The van der Waals surface area contributed by atoms with Gasteiger partial charge in [0.15, 0.2) is 0 Å². The van der Waals surface area contributed by atoms with Gasteiger partial charge < -0.3 is 4.90 Å². The van der Waals surface area contributed by atoms with Crippen LogP contribution >= 0.6 is 0 Å². The summed E-state index contributed by atoms with van der Waals surface area (Å²) in [7, 11) is 0.